The minimum Gasteiger partial charge on any atom is -0.356 e. The van der Waals surface area contributed by atoms with Crippen molar-refractivity contribution < 1.29 is 13.2 Å². The molecule has 0 saturated carbocycles. The molecule has 2 heterocycles. The van der Waals surface area contributed by atoms with E-state index < -0.39 is 12.6 Å². The van der Waals surface area contributed by atoms with Gasteiger partial charge in [-0.3, -0.25) is 9.89 Å². The maximum absolute atomic E-state index is 12.3. The van der Waals surface area contributed by atoms with E-state index in [2.05, 4.69) is 32.5 Å². The average molecular weight is 491 g/mol. The molecule has 0 unspecified atom stereocenters. The summed E-state index contributed by atoms with van der Waals surface area (Å²) in [6.07, 6.45) is 0.920. The van der Waals surface area contributed by atoms with Crippen molar-refractivity contribution in [1.29, 1.82) is 0 Å². The predicted molar refractivity (Wildman–Crippen MR) is 110 cm³/mol. The van der Waals surface area contributed by atoms with Gasteiger partial charge in [0.15, 0.2) is 5.96 Å². The van der Waals surface area contributed by atoms with Gasteiger partial charge in [-0.05, 0) is 58.9 Å². The second-order valence-electron chi connectivity index (χ2n) is 7.29. The van der Waals surface area contributed by atoms with Crippen LogP contribution in [0, 0.1) is 0 Å². The highest BCUT2D eigenvalue weighted by Crippen LogP contribution is 2.30. The summed E-state index contributed by atoms with van der Waals surface area (Å²) in [5.74, 6) is 0.458. The largest absolute Gasteiger partial charge is 0.390 e. The van der Waals surface area contributed by atoms with Crippen molar-refractivity contribution in [2.75, 3.05) is 53.4 Å². The predicted octanol–water partition coefficient (Wildman–Crippen LogP) is 2.67. The van der Waals surface area contributed by atoms with Gasteiger partial charge in [0, 0.05) is 25.7 Å². The standard InChI is InChI=1S/C17H32F3N5.HI/c1-21-15(22-9-6-17(18,19)20)23-14-16(7-12-24(2)13-8-16)25-10-4-3-5-11-25;/h3-14H2,1-2H3,(H2,21,22,23);1H. The molecule has 154 valence electrons. The molecule has 26 heavy (non-hydrogen) atoms. The Kier molecular flexibility index (Phi) is 9.95. The number of halogens is 4. The number of nitrogens with zero attached hydrogens (tertiary/aromatic N) is 3. The van der Waals surface area contributed by atoms with Gasteiger partial charge in [-0.25, -0.2) is 0 Å². The lowest BCUT2D eigenvalue weighted by Gasteiger charge is -2.50. The molecule has 0 bridgehead atoms. The van der Waals surface area contributed by atoms with E-state index in [9.17, 15) is 13.2 Å². The van der Waals surface area contributed by atoms with Gasteiger partial charge in [0.05, 0.1) is 6.42 Å². The first-order valence-corrected chi connectivity index (χ1v) is 9.29. The fraction of sp³-hybridized carbons (Fsp3) is 0.941. The molecule has 2 aliphatic heterocycles. The third kappa shape index (κ3) is 7.38. The summed E-state index contributed by atoms with van der Waals surface area (Å²) < 4.78 is 36.9. The summed E-state index contributed by atoms with van der Waals surface area (Å²) in [5, 5.41) is 6.07. The molecule has 2 aliphatic rings. The lowest BCUT2D eigenvalue weighted by atomic mass is 9.84. The van der Waals surface area contributed by atoms with Gasteiger partial charge in [-0.1, -0.05) is 6.42 Å². The number of piperidine rings is 2. The number of nitrogens with one attached hydrogen (secondary N) is 2. The van der Waals surface area contributed by atoms with E-state index in [-0.39, 0.29) is 36.1 Å². The van der Waals surface area contributed by atoms with Crippen LogP contribution in [0.5, 0.6) is 0 Å². The van der Waals surface area contributed by atoms with Crippen LogP contribution in [0.25, 0.3) is 0 Å². The van der Waals surface area contributed by atoms with Crippen LogP contribution in [0.15, 0.2) is 4.99 Å². The van der Waals surface area contributed by atoms with E-state index in [0.29, 0.717) is 5.96 Å². The van der Waals surface area contributed by atoms with Gasteiger partial charge in [0.1, 0.15) is 0 Å². The zero-order chi connectivity index (χ0) is 18.3. The molecular weight excluding hydrogens is 458 g/mol. The monoisotopic (exact) mass is 491 g/mol. The second-order valence-corrected chi connectivity index (χ2v) is 7.29. The average Bonchev–Trinajstić information content (AvgIpc) is 2.59. The van der Waals surface area contributed by atoms with Crippen LogP contribution < -0.4 is 10.6 Å². The number of aliphatic imine (C=N–C) groups is 1. The van der Waals surface area contributed by atoms with Crippen molar-refractivity contribution in [3.63, 3.8) is 0 Å². The van der Waals surface area contributed by atoms with Crippen molar-refractivity contribution in [2.24, 2.45) is 4.99 Å². The van der Waals surface area contributed by atoms with Crippen LogP contribution in [-0.4, -0.2) is 80.8 Å². The van der Waals surface area contributed by atoms with E-state index in [1.807, 2.05) is 0 Å². The first kappa shape index (κ1) is 23.7. The van der Waals surface area contributed by atoms with Crippen LogP contribution >= 0.6 is 24.0 Å². The molecule has 2 N–H and O–H groups in total. The molecule has 0 aliphatic carbocycles. The van der Waals surface area contributed by atoms with Crippen molar-refractivity contribution in [1.82, 2.24) is 20.4 Å². The number of hydrogen-bond donors (Lipinski definition) is 2. The normalized spacial score (nSPS) is 22.6. The first-order valence-electron chi connectivity index (χ1n) is 9.29. The molecule has 5 nitrogen and oxygen atoms in total. The molecule has 2 saturated heterocycles. The van der Waals surface area contributed by atoms with E-state index in [0.717, 1.165) is 45.6 Å². The topological polar surface area (TPSA) is 42.9 Å². The Hall–Kier alpha value is -0.290. The number of hydrogen-bond acceptors (Lipinski definition) is 3. The van der Waals surface area contributed by atoms with E-state index in [1.54, 1.807) is 7.05 Å². The molecular formula is C17H33F3IN5. The fourth-order valence-electron chi connectivity index (χ4n) is 3.80. The third-order valence-electron chi connectivity index (χ3n) is 5.45. The zero-order valence-electron chi connectivity index (χ0n) is 15.9. The van der Waals surface area contributed by atoms with Gasteiger partial charge in [-0.15, -0.1) is 24.0 Å². The van der Waals surface area contributed by atoms with Crippen molar-refractivity contribution in [3.8, 4) is 0 Å². The molecule has 2 fully saturated rings. The SMILES string of the molecule is CN=C(NCCC(F)(F)F)NCC1(N2CCCCC2)CCN(C)CC1.I. The molecule has 0 amide bonds. The Morgan fingerprint density at radius 3 is 2.19 bits per heavy atom. The molecule has 0 atom stereocenters. The Morgan fingerprint density at radius 2 is 1.65 bits per heavy atom. The molecule has 0 radical (unpaired) electrons. The summed E-state index contributed by atoms with van der Waals surface area (Å²) >= 11 is 0. The summed E-state index contributed by atoms with van der Waals surface area (Å²) in [5.41, 5.74) is 0.0780. The summed E-state index contributed by atoms with van der Waals surface area (Å²) in [4.78, 5) is 9.02. The Labute approximate surface area is 172 Å². The third-order valence-corrected chi connectivity index (χ3v) is 5.45. The van der Waals surface area contributed by atoms with Crippen LogP contribution in [0.1, 0.15) is 38.5 Å². The Balaban J connectivity index is 0.00000338. The quantitative estimate of drug-likeness (QED) is 0.353. The van der Waals surface area contributed by atoms with E-state index >= 15 is 0 Å². The van der Waals surface area contributed by atoms with Gasteiger partial charge in [0.25, 0.3) is 0 Å². The van der Waals surface area contributed by atoms with Crippen molar-refractivity contribution in [2.45, 2.75) is 50.2 Å². The number of alkyl halides is 3. The first-order chi connectivity index (χ1) is 11.8. The van der Waals surface area contributed by atoms with Crippen molar-refractivity contribution in [3.05, 3.63) is 0 Å². The molecule has 0 aromatic heterocycles. The highest BCUT2D eigenvalue weighted by Gasteiger charge is 2.39. The molecule has 2 rings (SSSR count). The lowest BCUT2D eigenvalue weighted by Crippen LogP contribution is -2.62. The molecule has 9 heteroatoms. The smallest absolute Gasteiger partial charge is 0.356 e. The summed E-state index contributed by atoms with van der Waals surface area (Å²) in [7, 11) is 3.75. The number of likely N-dealkylation sites (tertiary alicyclic amines) is 2. The van der Waals surface area contributed by atoms with Crippen molar-refractivity contribution >= 4 is 29.9 Å². The maximum Gasteiger partial charge on any atom is 0.390 e. The zero-order valence-corrected chi connectivity index (χ0v) is 18.2. The van der Waals surface area contributed by atoms with Crippen LogP contribution in [0.3, 0.4) is 0 Å². The van der Waals surface area contributed by atoms with Crippen LogP contribution in [-0.2, 0) is 0 Å². The highest BCUT2D eigenvalue weighted by atomic mass is 127. The highest BCUT2D eigenvalue weighted by molar-refractivity contribution is 14.0. The van der Waals surface area contributed by atoms with E-state index in [4.69, 9.17) is 0 Å². The van der Waals surface area contributed by atoms with Gasteiger partial charge in [-0.2, -0.15) is 13.2 Å². The fourth-order valence-corrected chi connectivity index (χ4v) is 3.80. The lowest BCUT2D eigenvalue weighted by molar-refractivity contribution is -0.132. The van der Waals surface area contributed by atoms with Gasteiger partial charge < -0.3 is 15.5 Å². The maximum atomic E-state index is 12.3. The van der Waals surface area contributed by atoms with E-state index in [1.165, 1.54) is 19.3 Å². The Morgan fingerprint density at radius 1 is 1.04 bits per heavy atom. The second kappa shape index (κ2) is 10.9. The number of rotatable bonds is 5. The number of guanidine groups is 1. The van der Waals surface area contributed by atoms with Gasteiger partial charge in [0.2, 0.25) is 0 Å². The minimum atomic E-state index is -4.14. The van der Waals surface area contributed by atoms with Gasteiger partial charge >= 0.3 is 6.18 Å². The van der Waals surface area contributed by atoms with Crippen LogP contribution in [0.2, 0.25) is 0 Å². The molecule has 0 aromatic carbocycles. The summed E-state index contributed by atoms with van der Waals surface area (Å²) in [6, 6.07) is 0. The molecule has 0 spiro atoms. The Bertz CT molecular complexity index is 431. The minimum absolute atomic E-state index is 0. The summed E-state index contributed by atoms with van der Waals surface area (Å²) in [6.45, 7) is 4.92. The van der Waals surface area contributed by atoms with Crippen LogP contribution in [0.4, 0.5) is 13.2 Å². The molecule has 0 aromatic rings.